The van der Waals surface area contributed by atoms with Gasteiger partial charge >= 0.3 is 0 Å². The zero-order valence-electron chi connectivity index (χ0n) is 9.52. The first-order valence-electron chi connectivity index (χ1n) is 5.49. The minimum atomic E-state index is 0.424. The summed E-state index contributed by atoms with van der Waals surface area (Å²) in [6.07, 6.45) is 0.931. The standard InChI is InChI=1S/C13H12ClN3/c1-2-8-17-13(14)11(9-15)12(16-17)10-6-4-3-5-7-10/h3-7H,2,8H2,1H3. The van der Waals surface area contributed by atoms with Crippen molar-refractivity contribution in [3.8, 4) is 17.3 Å². The summed E-state index contributed by atoms with van der Waals surface area (Å²) in [5.74, 6) is 0. The third-order valence-electron chi connectivity index (χ3n) is 2.48. The van der Waals surface area contributed by atoms with Gasteiger partial charge in [-0.3, -0.25) is 4.68 Å². The second-order valence-electron chi connectivity index (χ2n) is 3.72. The molecule has 0 spiro atoms. The SMILES string of the molecule is CCCn1nc(-c2ccccc2)c(C#N)c1Cl. The molecule has 1 aromatic heterocycles. The van der Waals surface area contributed by atoms with Crippen molar-refractivity contribution in [3.05, 3.63) is 41.0 Å². The number of aryl methyl sites for hydroxylation is 1. The molecule has 0 saturated heterocycles. The molecule has 0 radical (unpaired) electrons. The molecule has 1 heterocycles. The minimum absolute atomic E-state index is 0.424. The van der Waals surface area contributed by atoms with Gasteiger partial charge in [-0.2, -0.15) is 10.4 Å². The highest BCUT2D eigenvalue weighted by molar-refractivity contribution is 6.31. The van der Waals surface area contributed by atoms with E-state index in [0.717, 1.165) is 18.5 Å². The number of benzene rings is 1. The molecule has 3 nitrogen and oxygen atoms in total. The molecule has 17 heavy (non-hydrogen) atoms. The Labute approximate surface area is 105 Å². The van der Waals surface area contributed by atoms with Crippen LogP contribution in [0.5, 0.6) is 0 Å². The van der Waals surface area contributed by atoms with E-state index in [1.165, 1.54) is 0 Å². The van der Waals surface area contributed by atoms with Gasteiger partial charge in [0.1, 0.15) is 22.5 Å². The van der Waals surface area contributed by atoms with Crippen LogP contribution in [0.1, 0.15) is 18.9 Å². The number of nitrogens with zero attached hydrogens (tertiary/aromatic N) is 3. The molecule has 0 aliphatic carbocycles. The van der Waals surface area contributed by atoms with Crippen LogP contribution in [-0.4, -0.2) is 9.78 Å². The first-order chi connectivity index (χ1) is 8.27. The molecule has 0 amide bonds. The van der Waals surface area contributed by atoms with Gasteiger partial charge in [-0.1, -0.05) is 48.9 Å². The molecule has 0 saturated carbocycles. The number of aromatic nitrogens is 2. The predicted molar refractivity (Wildman–Crippen MR) is 67.7 cm³/mol. The molecule has 0 aliphatic rings. The Kier molecular flexibility index (Phi) is 3.46. The maximum Gasteiger partial charge on any atom is 0.145 e. The Morgan fingerprint density at radius 3 is 2.65 bits per heavy atom. The van der Waals surface area contributed by atoms with E-state index in [4.69, 9.17) is 16.9 Å². The lowest BCUT2D eigenvalue weighted by Crippen LogP contribution is -1.98. The van der Waals surface area contributed by atoms with Crippen molar-refractivity contribution < 1.29 is 0 Å². The molecule has 0 bridgehead atoms. The third-order valence-corrected chi connectivity index (χ3v) is 2.87. The fraction of sp³-hybridized carbons (Fsp3) is 0.231. The van der Waals surface area contributed by atoms with E-state index in [1.54, 1.807) is 4.68 Å². The zero-order valence-corrected chi connectivity index (χ0v) is 10.3. The monoisotopic (exact) mass is 245 g/mol. The second kappa shape index (κ2) is 5.03. The fourth-order valence-electron chi connectivity index (χ4n) is 1.70. The molecule has 0 aliphatic heterocycles. The number of hydrogen-bond acceptors (Lipinski definition) is 2. The van der Waals surface area contributed by atoms with E-state index in [9.17, 15) is 0 Å². The van der Waals surface area contributed by atoms with E-state index in [-0.39, 0.29) is 0 Å². The molecule has 0 unspecified atom stereocenters. The maximum absolute atomic E-state index is 9.15. The smallest absolute Gasteiger partial charge is 0.145 e. The third kappa shape index (κ3) is 2.17. The van der Waals surface area contributed by atoms with Crippen LogP contribution < -0.4 is 0 Å². The molecular weight excluding hydrogens is 234 g/mol. The van der Waals surface area contributed by atoms with Crippen molar-refractivity contribution in [2.75, 3.05) is 0 Å². The summed E-state index contributed by atoms with van der Waals surface area (Å²) in [6.45, 7) is 2.77. The van der Waals surface area contributed by atoms with E-state index in [1.807, 2.05) is 37.3 Å². The fourth-order valence-corrected chi connectivity index (χ4v) is 1.95. The quantitative estimate of drug-likeness (QED) is 0.831. The van der Waals surface area contributed by atoms with Crippen LogP contribution >= 0.6 is 11.6 Å². The van der Waals surface area contributed by atoms with Crippen LogP contribution in [-0.2, 0) is 6.54 Å². The molecule has 1 aromatic carbocycles. The number of rotatable bonds is 3. The average molecular weight is 246 g/mol. The van der Waals surface area contributed by atoms with Gasteiger partial charge in [-0.25, -0.2) is 0 Å². The maximum atomic E-state index is 9.15. The van der Waals surface area contributed by atoms with Gasteiger partial charge in [0.25, 0.3) is 0 Å². The van der Waals surface area contributed by atoms with Crippen LogP contribution in [0.4, 0.5) is 0 Å². The summed E-state index contributed by atoms with van der Waals surface area (Å²) in [4.78, 5) is 0. The number of halogens is 1. The summed E-state index contributed by atoms with van der Waals surface area (Å²) in [5.41, 5.74) is 2.03. The highest BCUT2D eigenvalue weighted by Crippen LogP contribution is 2.27. The van der Waals surface area contributed by atoms with Crippen LogP contribution in [0.15, 0.2) is 30.3 Å². The Morgan fingerprint density at radius 2 is 2.06 bits per heavy atom. The molecule has 86 valence electrons. The first-order valence-corrected chi connectivity index (χ1v) is 5.87. The van der Waals surface area contributed by atoms with Gasteiger partial charge in [-0.05, 0) is 6.42 Å². The Morgan fingerprint density at radius 1 is 1.35 bits per heavy atom. The van der Waals surface area contributed by atoms with Gasteiger partial charge in [0, 0.05) is 12.1 Å². The average Bonchev–Trinajstić information content (AvgIpc) is 2.68. The largest absolute Gasteiger partial charge is 0.252 e. The van der Waals surface area contributed by atoms with Crippen molar-refractivity contribution in [1.82, 2.24) is 9.78 Å². The first kappa shape index (κ1) is 11.7. The van der Waals surface area contributed by atoms with E-state index in [0.29, 0.717) is 16.4 Å². The van der Waals surface area contributed by atoms with Crippen molar-refractivity contribution >= 4 is 11.6 Å². The molecule has 0 fully saturated rings. The van der Waals surface area contributed by atoms with Crippen LogP contribution in [0.3, 0.4) is 0 Å². The normalized spacial score (nSPS) is 10.2. The van der Waals surface area contributed by atoms with Crippen molar-refractivity contribution in [1.29, 1.82) is 5.26 Å². The summed E-state index contributed by atoms with van der Waals surface area (Å²) in [5, 5.41) is 14.0. The number of nitriles is 1. The molecule has 2 rings (SSSR count). The van der Waals surface area contributed by atoms with Crippen LogP contribution in [0.2, 0.25) is 5.15 Å². The Balaban J connectivity index is 2.55. The van der Waals surface area contributed by atoms with Gasteiger partial charge in [0.05, 0.1) is 0 Å². The van der Waals surface area contributed by atoms with E-state index < -0.39 is 0 Å². The van der Waals surface area contributed by atoms with E-state index >= 15 is 0 Å². The predicted octanol–water partition coefficient (Wildman–Crippen LogP) is 3.49. The lowest BCUT2D eigenvalue weighted by molar-refractivity contribution is 0.605. The van der Waals surface area contributed by atoms with E-state index in [2.05, 4.69) is 11.2 Å². The van der Waals surface area contributed by atoms with Crippen molar-refractivity contribution in [2.24, 2.45) is 0 Å². The molecule has 2 aromatic rings. The summed E-state index contributed by atoms with van der Waals surface area (Å²) in [7, 11) is 0. The van der Waals surface area contributed by atoms with Gasteiger partial charge < -0.3 is 0 Å². The minimum Gasteiger partial charge on any atom is -0.252 e. The van der Waals surface area contributed by atoms with Gasteiger partial charge in [0.2, 0.25) is 0 Å². The Bertz CT molecular complexity index is 552. The Hall–Kier alpha value is -1.79. The van der Waals surface area contributed by atoms with Crippen LogP contribution in [0, 0.1) is 11.3 Å². The molecule has 0 N–H and O–H groups in total. The molecular formula is C13H12ClN3. The lowest BCUT2D eigenvalue weighted by Gasteiger charge is -1.98. The van der Waals surface area contributed by atoms with Crippen molar-refractivity contribution in [3.63, 3.8) is 0 Å². The highest BCUT2D eigenvalue weighted by Gasteiger charge is 2.16. The summed E-state index contributed by atoms with van der Waals surface area (Å²) in [6, 6.07) is 11.7. The van der Waals surface area contributed by atoms with Crippen LogP contribution in [0.25, 0.3) is 11.3 Å². The summed E-state index contributed by atoms with van der Waals surface area (Å²) >= 11 is 6.14. The second-order valence-corrected chi connectivity index (χ2v) is 4.07. The van der Waals surface area contributed by atoms with Gasteiger partial charge in [0.15, 0.2) is 0 Å². The number of hydrogen-bond donors (Lipinski definition) is 0. The molecule has 4 heteroatoms. The molecule has 0 atom stereocenters. The zero-order chi connectivity index (χ0) is 12.3. The summed E-state index contributed by atoms with van der Waals surface area (Å²) < 4.78 is 1.68. The van der Waals surface area contributed by atoms with Crippen molar-refractivity contribution in [2.45, 2.75) is 19.9 Å². The highest BCUT2D eigenvalue weighted by atomic mass is 35.5. The topological polar surface area (TPSA) is 41.6 Å². The van der Waals surface area contributed by atoms with Gasteiger partial charge in [-0.15, -0.1) is 0 Å². The lowest BCUT2D eigenvalue weighted by atomic mass is 10.1.